The van der Waals surface area contributed by atoms with Gasteiger partial charge in [0.25, 0.3) is 10.0 Å². The zero-order valence-corrected chi connectivity index (χ0v) is 18.2. The molecule has 1 N–H and O–H groups in total. The maximum atomic E-state index is 13.2. The first kappa shape index (κ1) is 21.2. The lowest BCUT2D eigenvalue weighted by atomic mass is 9.96. The van der Waals surface area contributed by atoms with E-state index in [1.807, 2.05) is 24.3 Å². The molecule has 1 aliphatic heterocycles. The van der Waals surface area contributed by atoms with Crippen molar-refractivity contribution in [2.24, 2.45) is 0 Å². The first-order valence-corrected chi connectivity index (χ1v) is 11.9. The quantitative estimate of drug-likeness (QED) is 0.572. The molecule has 0 radical (unpaired) electrons. The normalized spacial score (nSPS) is 17.7. The smallest absolute Gasteiger partial charge is 0.264 e. The monoisotopic (exact) mass is 420 g/mol. The van der Waals surface area contributed by atoms with E-state index in [1.165, 1.54) is 36.4 Å². The number of nitrogens with zero attached hydrogens (tertiary/aromatic N) is 1. The molecule has 1 aliphatic rings. The van der Waals surface area contributed by atoms with E-state index in [9.17, 15) is 8.42 Å². The molecule has 0 saturated carbocycles. The summed E-state index contributed by atoms with van der Waals surface area (Å²) in [7, 11) is -2.02. The van der Waals surface area contributed by atoms with Gasteiger partial charge in [-0.1, -0.05) is 68.8 Å². The fraction of sp³-hybridized carbons (Fsp3) is 0.455. The van der Waals surface area contributed by atoms with E-state index in [4.69, 9.17) is 11.6 Å². The SMILES string of the molecule is CCCCCCCCNC1c2ccccc2N(C)S(=O)(=O)c2ccc(Cl)cc21. The van der Waals surface area contributed by atoms with Crippen LogP contribution in [0.3, 0.4) is 0 Å². The standard InChI is InChI=1S/C22H29ClN2O2S/c1-3-4-5-6-7-10-15-24-22-18-11-8-9-12-20(18)25(2)28(26,27)21-14-13-17(23)16-19(21)22/h8-9,11-14,16,22,24H,3-7,10,15H2,1-2H3. The Morgan fingerprint density at radius 1 is 1.00 bits per heavy atom. The minimum Gasteiger partial charge on any atom is -0.306 e. The molecule has 3 rings (SSSR count). The van der Waals surface area contributed by atoms with Crippen molar-refractivity contribution in [1.29, 1.82) is 0 Å². The molecule has 1 atom stereocenters. The second-order valence-corrected chi connectivity index (χ2v) is 9.74. The Morgan fingerprint density at radius 2 is 1.71 bits per heavy atom. The van der Waals surface area contributed by atoms with Gasteiger partial charge in [-0.2, -0.15) is 0 Å². The molecular formula is C22H29ClN2O2S. The van der Waals surface area contributed by atoms with Gasteiger partial charge in [-0.3, -0.25) is 4.31 Å². The average Bonchev–Trinajstić information content (AvgIpc) is 2.75. The van der Waals surface area contributed by atoms with Gasteiger partial charge < -0.3 is 5.32 Å². The summed E-state index contributed by atoms with van der Waals surface area (Å²) in [5, 5.41) is 4.14. The Bertz CT molecular complexity index is 915. The number of hydrogen-bond donors (Lipinski definition) is 1. The summed E-state index contributed by atoms with van der Waals surface area (Å²) < 4.78 is 27.7. The third-order valence-electron chi connectivity index (χ3n) is 5.39. The van der Waals surface area contributed by atoms with Gasteiger partial charge in [0.05, 0.1) is 16.6 Å². The molecule has 0 amide bonds. The zero-order valence-electron chi connectivity index (χ0n) is 16.6. The summed E-state index contributed by atoms with van der Waals surface area (Å²) in [6.07, 6.45) is 7.32. The Hall–Kier alpha value is -1.56. The van der Waals surface area contributed by atoms with Crippen molar-refractivity contribution in [3.8, 4) is 0 Å². The Balaban J connectivity index is 1.90. The number of halogens is 1. The third-order valence-corrected chi connectivity index (χ3v) is 7.47. The molecule has 0 aliphatic carbocycles. The molecule has 2 aromatic carbocycles. The molecule has 152 valence electrons. The van der Waals surface area contributed by atoms with E-state index < -0.39 is 10.0 Å². The van der Waals surface area contributed by atoms with Gasteiger partial charge in [0.1, 0.15) is 0 Å². The van der Waals surface area contributed by atoms with Crippen LogP contribution in [0.4, 0.5) is 5.69 Å². The van der Waals surface area contributed by atoms with Gasteiger partial charge in [-0.05, 0) is 48.4 Å². The number of rotatable bonds is 8. The van der Waals surface area contributed by atoms with Gasteiger partial charge in [0, 0.05) is 12.1 Å². The predicted octanol–water partition coefficient (Wildman–Crippen LogP) is 5.52. The van der Waals surface area contributed by atoms with Gasteiger partial charge in [-0.15, -0.1) is 0 Å². The highest BCUT2D eigenvalue weighted by molar-refractivity contribution is 7.92. The molecule has 0 bridgehead atoms. The fourth-order valence-corrected chi connectivity index (χ4v) is 5.43. The minimum atomic E-state index is -3.63. The number of anilines is 1. The Labute approximate surface area is 174 Å². The van der Waals surface area contributed by atoms with Crippen molar-refractivity contribution in [2.45, 2.75) is 56.4 Å². The van der Waals surface area contributed by atoms with Crippen LogP contribution in [-0.4, -0.2) is 22.0 Å². The first-order chi connectivity index (χ1) is 13.5. The Morgan fingerprint density at radius 3 is 2.50 bits per heavy atom. The topological polar surface area (TPSA) is 49.4 Å². The van der Waals surface area contributed by atoms with E-state index in [-0.39, 0.29) is 6.04 Å². The van der Waals surface area contributed by atoms with Crippen LogP contribution in [0.2, 0.25) is 5.02 Å². The summed E-state index contributed by atoms with van der Waals surface area (Å²) in [6.45, 7) is 3.06. The van der Waals surface area contributed by atoms with Gasteiger partial charge in [-0.25, -0.2) is 8.42 Å². The number of unbranched alkanes of at least 4 members (excludes halogenated alkanes) is 5. The van der Waals surface area contributed by atoms with E-state index in [0.717, 1.165) is 24.1 Å². The van der Waals surface area contributed by atoms with Crippen LogP contribution in [0.5, 0.6) is 0 Å². The molecule has 6 heteroatoms. The predicted molar refractivity (Wildman–Crippen MR) is 117 cm³/mol. The van der Waals surface area contributed by atoms with Crippen molar-refractivity contribution in [3.05, 3.63) is 58.6 Å². The van der Waals surface area contributed by atoms with Crippen molar-refractivity contribution < 1.29 is 8.42 Å². The second-order valence-electron chi connectivity index (χ2n) is 7.37. The van der Waals surface area contributed by atoms with Crippen molar-refractivity contribution in [2.75, 3.05) is 17.9 Å². The maximum Gasteiger partial charge on any atom is 0.264 e. The summed E-state index contributed by atoms with van der Waals surface area (Å²) in [5.41, 5.74) is 2.38. The Kier molecular flexibility index (Phi) is 7.02. The van der Waals surface area contributed by atoms with Crippen LogP contribution < -0.4 is 9.62 Å². The highest BCUT2D eigenvalue weighted by Crippen LogP contribution is 2.40. The lowest BCUT2D eigenvalue weighted by Gasteiger charge is -2.22. The van der Waals surface area contributed by atoms with E-state index in [0.29, 0.717) is 15.6 Å². The van der Waals surface area contributed by atoms with Crippen LogP contribution in [-0.2, 0) is 10.0 Å². The highest BCUT2D eigenvalue weighted by Gasteiger charge is 2.34. The number of fused-ring (bicyclic) bond motifs is 2. The third kappa shape index (κ3) is 4.37. The number of sulfonamides is 1. The second kappa shape index (κ2) is 9.29. The van der Waals surface area contributed by atoms with Crippen LogP contribution in [0.15, 0.2) is 47.4 Å². The molecule has 1 unspecified atom stereocenters. The fourth-order valence-electron chi connectivity index (χ4n) is 3.81. The lowest BCUT2D eigenvalue weighted by molar-refractivity contribution is 0.539. The number of nitrogens with one attached hydrogen (secondary N) is 1. The van der Waals surface area contributed by atoms with E-state index in [1.54, 1.807) is 25.2 Å². The maximum absolute atomic E-state index is 13.2. The van der Waals surface area contributed by atoms with E-state index >= 15 is 0 Å². The largest absolute Gasteiger partial charge is 0.306 e. The number of para-hydroxylation sites is 1. The summed E-state index contributed by atoms with van der Waals surface area (Å²) in [6, 6.07) is 12.5. The van der Waals surface area contributed by atoms with Crippen molar-refractivity contribution >= 4 is 27.3 Å². The number of hydrogen-bond acceptors (Lipinski definition) is 3. The van der Waals surface area contributed by atoms with Crippen LogP contribution in [0.25, 0.3) is 0 Å². The molecule has 0 saturated heterocycles. The molecular weight excluding hydrogens is 392 g/mol. The van der Waals surface area contributed by atoms with Gasteiger partial charge in [0.2, 0.25) is 0 Å². The molecule has 4 nitrogen and oxygen atoms in total. The minimum absolute atomic E-state index is 0.208. The lowest BCUT2D eigenvalue weighted by Crippen LogP contribution is -2.26. The molecule has 1 heterocycles. The summed E-state index contributed by atoms with van der Waals surface area (Å²) in [4.78, 5) is 0.316. The van der Waals surface area contributed by atoms with Crippen molar-refractivity contribution in [1.82, 2.24) is 5.32 Å². The van der Waals surface area contributed by atoms with Gasteiger partial charge in [0.15, 0.2) is 0 Å². The molecule has 28 heavy (non-hydrogen) atoms. The van der Waals surface area contributed by atoms with Crippen LogP contribution in [0, 0.1) is 0 Å². The van der Waals surface area contributed by atoms with Crippen LogP contribution in [0.1, 0.15) is 62.6 Å². The summed E-state index contributed by atoms with van der Waals surface area (Å²) >= 11 is 6.25. The molecule has 0 aromatic heterocycles. The average molecular weight is 421 g/mol. The zero-order chi connectivity index (χ0) is 20.1. The number of benzene rings is 2. The summed E-state index contributed by atoms with van der Waals surface area (Å²) in [5.74, 6) is 0. The van der Waals surface area contributed by atoms with Gasteiger partial charge >= 0.3 is 0 Å². The van der Waals surface area contributed by atoms with E-state index in [2.05, 4.69) is 12.2 Å². The van der Waals surface area contributed by atoms with Crippen molar-refractivity contribution in [3.63, 3.8) is 0 Å². The first-order valence-electron chi connectivity index (χ1n) is 10.1. The van der Waals surface area contributed by atoms with Crippen LogP contribution >= 0.6 is 11.6 Å². The highest BCUT2D eigenvalue weighted by atomic mass is 35.5. The molecule has 0 spiro atoms. The molecule has 2 aromatic rings. The molecule has 0 fully saturated rings.